The Labute approximate surface area is 152 Å². The van der Waals surface area contributed by atoms with E-state index in [2.05, 4.69) is 10.6 Å². The molecule has 0 heterocycles. The molecular weight excluding hydrogens is 332 g/mol. The minimum absolute atomic E-state index is 0.363. The smallest absolute Gasteiger partial charge is 0.321 e. The number of rotatable bonds is 11. The summed E-state index contributed by atoms with van der Waals surface area (Å²) in [5, 5.41) is 24.6. The third-order valence-corrected chi connectivity index (χ3v) is 4.07. The zero-order valence-corrected chi connectivity index (χ0v) is 14.5. The van der Waals surface area contributed by atoms with Crippen molar-refractivity contribution < 1.29 is 19.8 Å². The summed E-state index contributed by atoms with van der Waals surface area (Å²) in [4.78, 5) is 22.8. The average molecular weight is 356 g/mol. The Balaban J connectivity index is 1.80. The number of carbonyl (C=O) groups is 2. The van der Waals surface area contributed by atoms with Crippen molar-refractivity contribution in [2.75, 3.05) is 13.1 Å². The van der Waals surface area contributed by atoms with Crippen molar-refractivity contribution in [2.24, 2.45) is 0 Å². The van der Waals surface area contributed by atoms with E-state index in [-0.39, 0.29) is 0 Å². The molecule has 0 fully saturated rings. The van der Waals surface area contributed by atoms with Gasteiger partial charge in [-0.3, -0.25) is 9.59 Å². The van der Waals surface area contributed by atoms with Crippen LogP contribution in [-0.4, -0.2) is 47.3 Å². The van der Waals surface area contributed by atoms with E-state index in [1.165, 1.54) is 0 Å². The number of nitrogens with one attached hydrogen (secondary N) is 2. The normalized spacial score (nSPS) is 13.1. The predicted octanol–water partition coefficient (Wildman–Crippen LogP) is 1.56. The first-order valence-corrected chi connectivity index (χ1v) is 8.56. The fraction of sp³-hybridized carbons (Fsp3) is 0.300. The van der Waals surface area contributed by atoms with Crippen molar-refractivity contribution in [3.05, 3.63) is 71.8 Å². The minimum atomic E-state index is -0.923. The molecule has 4 N–H and O–H groups in total. The first-order valence-electron chi connectivity index (χ1n) is 8.56. The fourth-order valence-electron chi connectivity index (χ4n) is 2.69. The van der Waals surface area contributed by atoms with E-state index in [0.29, 0.717) is 25.9 Å². The second kappa shape index (κ2) is 10.3. The molecule has 0 spiro atoms. The molecule has 2 rings (SSSR count). The third-order valence-electron chi connectivity index (χ3n) is 4.07. The van der Waals surface area contributed by atoms with Gasteiger partial charge in [0.25, 0.3) is 0 Å². The quantitative estimate of drug-likeness (QED) is 0.456. The van der Waals surface area contributed by atoms with Crippen LogP contribution in [0.1, 0.15) is 11.1 Å². The Morgan fingerprint density at radius 1 is 0.692 bits per heavy atom. The molecule has 0 amide bonds. The molecule has 26 heavy (non-hydrogen) atoms. The number of hydrogen-bond acceptors (Lipinski definition) is 4. The maximum Gasteiger partial charge on any atom is 0.321 e. The van der Waals surface area contributed by atoms with E-state index in [0.717, 1.165) is 11.1 Å². The Bertz CT molecular complexity index is 630. The number of hydrogen-bond donors (Lipinski definition) is 4. The number of aliphatic carboxylic acids is 2. The van der Waals surface area contributed by atoms with E-state index in [1.807, 2.05) is 60.7 Å². The summed E-state index contributed by atoms with van der Waals surface area (Å²) in [5.41, 5.74) is 1.88. The lowest BCUT2D eigenvalue weighted by molar-refractivity contribution is -0.140. The zero-order chi connectivity index (χ0) is 18.8. The van der Waals surface area contributed by atoms with Crippen LogP contribution in [0.5, 0.6) is 0 Å². The molecule has 0 aliphatic rings. The Hall–Kier alpha value is -2.70. The molecule has 0 radical (unpaired) electrons. The standard InChI is InChI=1S/C20H24N2O4/c23-19(24)17(13-15-7-3-1-4-8-15)21-11-12-22-18(20(25)26)14-16-9-5-2-6-10-16/h1-10,17-18,21-22H,11-14H2,(H,23,24)(H,25,26)/t17-,18+. The summed E-state index contributed by atoms with van der Waals surface area (Å²) in [6.07, 6.45) is 0.755. The van der Waals surface area contributed by atoms with Gasteiger partial charge in [0.05, 0.1) is 0 Å². The molecule has 138 valence electrons. The molecule has 2 aromatic carbocycles. The maximum atomic E-state index is 11.4. The van der Waals surface area contributed by atoms with Gasteiger partial charge in [-0.1, -0.05) is 60.7 Å². The minimum Gasteiger partial charge on any atom is -0.480 e. The van der Waals surface area contributed by atoms with Crippen LogP contribution < -0.4 is 10.6 Å². The summed E-state index contributed by atoms with van der Waals surface area (Å²) >= 11 is 0. The number of benzene rings is 2. The van der Waals surface area contributed by atoms with Gasteiger partial charge in [0.15, 0.2) is 0 Å². The SMILES string of the molecule is O=C(O)[C@H](Cc1ccccc1)NCCN[C@H](Cc1ccccc1)C(=O)O. The summed E-state index contributed by atoms with van der Waals surface area (Å²) in [7, 11) is 0. The molecule has 0 aliphatic heterocycles. The van der Waals surface area contributed by atoms with Crippen LogP contribution in [0.3, 0.4) is 0 Å². The summed E-state index contributed by atoms with van der Waals surface area (Å²) in [6.45, 7) is 0.727. The molecule has 0 bridgehead atoms. The van der Waals surface area contributed by atoms with Gasteiger partial charge in [-0.05, 0) is 24.0 Å². The molecule has 2 atom stereocenters. The second-order valence-corrected chi connectivity index (χ2v) is 6.07. The van der Waals surface area contributed by atoms with Crippen molar-refractivity contribution in [1.82, 2.24) is 10.6 Å². The molecule has 6 heteroatoms. The molecule has 0 unspecified atom stereocenters. The Kier molecular flexibility index (Phi) is 7.79. The van der Waals surface area contributed by atoms with Crippen LogP contribution in [0.25, 0.3) is 0 Å². The Morgan fingerprint density at radius 2 is 1.04 bits per heavy atom. The summed E-state index contributed by atoms with van der Waals surface area (Å²) in [6, 6.07) is 17.4. The zero-order valence-electron chi connectivity index (χ0n) is 14.5. The third kappa shape index (κ3) is 6.66. The number of carboxylic acids is 2. The topological polar surface area (TPSA) is 98.7 Å². The highest BCUT2D eigenvalue weighted by molar-refractivity contribution is 5.74. The van der Waals surface area contributed by atoms with Crippen molar-refractivity contribution in [2.45, 2.75) is 24.9 Å². The van der Waals surface area contributed by atoms with Crippen molar-refractivity contribution in [1.29, 1.82) is 0 Å². The van der Waals surface area contributed by atoms with Crippen LogP contribution in [0.2, 0.25) is 0 Å². The van der Waals surface area contributed by atoms with E-state index in [4.69, 9.17) is 0 Å². The van der Waals surface area contributed by atoms with Crippen LogP contribution in [0.15, 0.2) is 60.7 Å². The molecule has 2 aromatic rings. The van der Waals surface area contributed by atoms with Crippen LogP contribution in [0, 0.1) is 0 Å². The van der Waals surface area contributed by atoms with Gasteiger partial charge in [0.1, 0.15) is 12.1 Å². The van der Waals surface area contributed by atoms with Gasteiger partial charge in [-0.25, -0.2) is 0 Å². The highest BCUT2D eigenvalue weighted by atomic mass is 16.4. The fourth-order valence-corrected chi connectivity index (χ4v) is 2.69. The van der Waals surface area contributed by atoms with Crippen molar-refractivity contribution >= 4 is 11.9 Å². The summed E-state index contributed by atoms with van der Waals surface area (Å²) < 4.78 is 0. The van der Waals surface area contributed by atoms with Crippen molar-refractivity contribution in [3.8, 4) is 0 Å². The molecule has 0 saturated heterocycles. The van der Waals surface area contributed by atoms with E-state index in [9.17, 15) is 19.8 Å². The maximum absolute atomic E-state index is 11.4. The second-order valence-electron chi connectivity index (χ2n) is 6.07. The van der Waals surface area contributed by atoms with Gasteiger partial charge in [-0.15, -0.1) is 0 Å². The number of carboxylic acid groups (broad SMARTS) is 2. The van der Waals surface area contributed by atoms with Crippen LogP contribution in [0.4, 0.5) is 0 Å². The van der Waals surface area contributed by atoms with Gasteiger partial charge in [0, 0.05) is 13.1 Å². The summed E-state index contributed by atoms with van der Waals surface area (Å²) in [5.74, 6) is -1.85. The lowest BCUT2D eigenvalue weighted by atomic mass is 10.1. The average Bonchev–Trinajstić information content (AvgIpc) is 2.64. The van der Waals surface area contributed by atoms with Crippen LogP contribution >= 0.6 is 0 Å². The lowest BCUT2D eigenvalue weighted by Crippen LogP contribution is -2.45. The Morgan fingerprint density at radius 3 is 1.35 bits per heavy atom. The molecule has 0 saturated carbocycles. The predicted molar refractivity (Wildman–Crippen MR) is 99.1 cm³/mol. The first-order chi connectivity index (χ1) is 12.6. The largest absolute Gasteiger partial charge is 0.480 e. The molecule has 6 nitrogen and oxygen atoms in total. The van der Waals surface area contributed by atoms with Crippen molar-refractivity contribution in [3.63, 3.8) is 0 Å². The molecule has 0 aliphatic carbocycles. The van der Waals surface area contributed by atoms with Gasteiger partial charge in [0.2, 0.25) is 0 Å². The van der Waals surface area contributed by atoms with Gasteiger partial charge in [-0.2, -0.15) is 0 Å². The highest BCUT2D eigenvalue weighted by Gasteiger charge is 2.19. The van der Waals surface area contributed by atoms with Crippen LogP contribution in [-0.2, 0) is 22.4 Å². The molecular formula is C20H24N2O4. The van der Waals surface area contributed by atoms with E-state index in [1.54, 1.807) is 0 Å². The van der Waals surface area contributed by atoms with Gasteiger partial charge < -0.3 is 20.8 Å². The highest BCUT2D eigenvalue weighted by Crippen LogP contribution is 2.04. The van der Waals surface area contributed by atoms with E-state index >= 15 is 0 Å². The first kappa shape index (κ1) is 19.6. The monoisotopic (exact) mass is 356 g/mol. The van der Waals surface area contributed by atoms with E-state index < -0.39 is 24.0 Å². The lowest BCUT2D eigenvalue weighted by Gasteiger charge is -2.17. The molecule has 0 aromatic heterocycles. The van der Waals surface area contributed by atoms with Gasteiger partial charge >= 0.3 is 11.9 Å².